The Balaban J connectivity index is 1.42. The lowest BCUT2D eigenvalue weighted by Crippen LogP contribution is -2.47. The minimum atomic E-state index is 0.408. The van der Waals surface area contributed by atoms with Gasteiger partial charge in [0.25, 0.3) is 0 Å². The van der Waals surface area contributed by atoms with Gasteiger partial charge in [0.15, 0.2) is 0 Å². The van der Waals surface area contributed by atoms with Gasteiger partial charge in [0, 0.05) is 19.6 Å². The van der Waals surface area contributed by atoms with E-state index in [0.29, 0.717) is 12.2 Å². The third-order valence-electron chi connectivity index (χ3n) is 6.78. The van der Waals surface area contributed by atoms with E-state index in [1.807, 2.05) is 0 Å². The number of hydrogen-bond donors (Lipinski definition) is 0. The summed E-state index contributed by atoms with van der Waals surface area (Å²) in [6, 6.07) is 0. The lowest BCUT2D eigenvalue weighted by molar-refractivity contribution is -0.0718. The van der Waals surface area contributed by atoms with Gasteiger partial charge in [-0.1, -0.05) is 26.7 Å². The Hall–Kier alpha value is -0.0800. The van der Waals surface area contributed by atoms with Crippen LogP contribution in [0.2, 0.25) is 0 Å². The van der Waals surface area contributed by atoms with Gasteiger partial charge in [0.2, 0.25) is 0 Å². The normalized spacial score (nSPS) is 43.8. The predicted molar refractivity (Wildman–Crippen MR) is 97.6 cm³/mol. The fourth-order valence-corrected chi connectivity index (χ4v) is 5.95. The van der Waals surface area contributed by atoms with Crippen molar-refractivity contribution in [2.75, 3.05) is 19.6 Å². The summed E-state index contributed by atoms with van der Waals surface area (Å²) in [5.74, 6) is 5.00. The van der Waals surface area contributed by atoms with Crippen molar-refractivity contribution in [1.29, 1.82) is 0 Å². The molecule has 134 valence electrons. The number of fused-ring (bicyclic) bond motifs is 1. The standard InChI is InChI=1S/C21H39NO/c1-15-5-7-21-11-19(6-8-20(21)10-15)9-16(2)12-22-13-17(3)23-18(4)14-22/h15-21H,5-14H2,1-4H3. The van der Waals surface area contributed by atoms with Crippen molar-refractivity contribution >= 4 is 0 Å². The molecule has 0 aromatic rings. The van der Waals surface area contributed by atoms with Crippen molar-refractivity contribution in [3.63, 3.8) is 0 Å². The summed E-state index contributed by atoms with van der Waals surface area (Å²) in [7, 11) is 0. The van der Waals surface area contributed by atoms with Gasteiger partial charge < -0.3 is 4.74 Å². The number of nitrogens with zero attached hydrogens (tertiary/aromatic N) is 1. The monoisotopic (exact) mass is 321 g/mol. The SMILES string of the molecule is CC1CCC2CC(CC(C)CN3CC(C)OC(C)C3)CCC2C1. The van der Waals surface area contributed by atoms with Crippen LogP contribution < -0.4 is 0 Å². The molecule has 0 spiro atoms. The lowest BCUT2D eigenvalue weighted by Gasteiger charge is -2.42. The van der Waals surface area contributed by atoms with Crippen LogP contribution in [0.4, 0.5) is 0 Å². The minimum Gasteiger partial charge on any atom is -0.373 e. The first-order valence-corrected chi connectivity index (χ1v) is 10.4. The van der Waals surface area contributed by atoms with E-state index in [4.69, 9.17) is 4.74 Å². The molecule has 0 aromatic heterocycles. The summed E-state index contributed by atoms with van der Waals surface area (Å²) in [6.45, 7) is 12.9. The largest absolute Gasteiger partial charge is 0.373 e. The van der Waals surface area contributed by atoms with E-state index in [-0.39, 0.29) is 0 Å². The summed E-state index contributed by atoms with van der Waals surface area (Å²) in [5, 5.41) is 0. The number of hydrogen-bond acceptors (Lipinski definition) is 2. The van der Waals surface area contributed by atoms with Crippen LogP contribution in [0.3, 0.4) is 0 Å². The number of ether oxygens (including phenoxy) is 1. The summed E-state index contributed by atoms with van der Waals surface area (Å²) >= 11 is 0. The minimum absolute atomic E-state index is 0.408. The second kappa shape index (κ2) is 7.87. The van der Waals surface area contributed by atoms with Gasteiger partial charge in [-0.3, -0.25) is 4.90 Å². The quantitative estimate of drug-likeness (QED) is 0.724. The summed E-state index contributed by atoms with van der Waals surface area (Å²) in [4.78, 5) is 2.65. The molecule has 1 aliphatic heterocycles. The van der Waals surface area contributed by atoms with Gasteiger partial charge in [-0.25, -0.2) is 0 Å². The molecule has 0 aromatic carbocycles. The van der Waals surface area contributed by atoms with E-state index in [1.54, 1.807) is 0 Å². The highest BCUT2D eigenvalue weighted by atomic mass is 16.5. The fraction of sp³-hybridized carbons (Fsp3) is 1.00. The van der Waals surface area contributed by atoms with Crippen LogP contribution in [0.1, 0.15) is 72.6 Å². The first kappa shape index (κ1) is 17.7. The van der Waals surface area contributed by atoms with Gasteiger partial charge in [0.05, 0.1) is 12.2 Å². The Bertz CT molecular complexity index is 361. The van der Waals surface area contributed by atoms with Crippen molar-refractivity contribution in [2.24, 2.45) is 29.6 Å². The van der Waals surface area contributed by atoms with Gasteiger partial charge in [0.1, 0.15) is 0 Å². The second-order valence-electron chi connectivity index (χ2n) is 9.43. The van der Waals surface area contributed by atoms with Crippen LogP contribution in [-0.4, -0.2) is 36.7 Å². The van der Waals surface area contributed by atoms with Gasteiger partial charge in [-0.15, -0.1) is 0 Å². The highest BCUT2D eigenvalue weighted by Crippen LogP contribution is 2.45. The van der Waals surface area contributed by atoms with Crippen molar-refractivity contribution in [2.45, 2.75) is 84.8 Å². The molecule has 0 N–H and O–H groups in total. The molecule has 23 heavy (non-hydrogen) atoms. The highest BCUT2D eigenvalue weighted by molar-refractivity contribution is 4.86. The molecule has 7 atom stereocenters. The molecular weight excluding hydrogens is 282 g/mol. The van der Waals surface area contributed by atoms with E-state index in [9.17, 15) is 0 Å². The van der Waals surface area contributed by atoms with Gasteiger partial charge in [-0.2, -0.15) is 0 Å². The molecule has 1 heterocycles. The highest BCUT2D eigenvalue weighted by Gasteiger charge is 2.35. The smallest absolute Gasteiger partial charge is 0.0678 e. The molecule has 1 saturated heterocycles. The first-order chi connectivity index (χ1) is 11.0. The Morgan fingerprint density at radius 1 is 0.913 bits per heavy atom. The van der Waals surface area contributed by atoms with Gasteiger partial charge >= 0.3 is 0 Å². The maximum absolute atomic E-state index is 5.87. The van der Waals surface area contributed by atoms with Crippen molar-refractivity contribution in [3.8, 4) is 0 Å². The third-order valence-corrected chi connectivity index (χ3v) is 6.78. The van der Waals surface area contributed by atoms with Crippen molar-refractivity contribution < 1.29 is 4.74 Å². The maximum atomic E-state index is 5.87. The molecule has 2 aliphatic carbocycles. The van der Waals surface area contributed by atoms with Crippen molar-refractivity contribution in [3.05, 3.63) is 0 Å². The summed E-state index contributed by atoms with van der Waals surface area (Å²) in [6.07, 6.45) is 11.4. The van der Waals surface area contributed by atoms with E-state index in [1.165, 1.54) is 51.5 Å². The van der Waals surface area contributed by atoms with Gasteiger partial charge in [-0.05, 0) is 75.5 Å². The molecule has 3 fully saturated rings. The molecule has 3 rings (SSSR count). The van der Waals surface area contributed by atoms with Crippen LogP contribution in [0, 0.1) is 29.6 Å². The molecular formula is C21H39NO. The van der Waals surface area contributed by atoms with Crippen LogP contribution >= 0.6 is 0 Å². The molecule has 0 amide bonds. The zero-order chi connectivity index (χ0) is 16.4. The summed E-state index contributed by atoms with van der Waals surface area (Å²) < 4.78 is 5.87. The number of rotatable bonds is 4. The zero-order valence-electron chi connectivity index (χ0n) is 16.0. The molecule has 2 heteroatoms. The van der Waals surface area contributed by atoms with E-state index >= 15 is 0 Å². The average Bonchev–Trinajstić information content (AvgIpc) is 2.46. The first-order valence-electron chi connectivity index (χ1n) is 10.4. The predicted octanol–water partition coefficient (Wildman–Crippen LogP) is 4.97. The average molecular weight is 322 g/mol. The Morgan fingerprint density at radius 3 is 2.30 bits per heavy atom. The lowest BCUT2D eigenvalue weighted by atomic mass is 9.64. The third kappa shape index (κ3) is 4.95. The fourth-order valence-electron chi connectivity index (χ4n) is 5.95. The van der Waals surface area contributed by atoms with E-state index in [2.05, 4.69) is 32.6 Å². The maximum Gasteiger partial charge on any atom is 0.0678 e. The van der Waals surface area contributed by atoms with Crippen LogP contribution in [0.5, 0.6) is 0 Å². The molecule has 7 unspecified atom stereocenters. The Morgan fingerprint density at radius 2 is 1.57 bits per heavy atom. The summed E-state index contributed by atoms with van der Waals surface area (Å²) in [5.41, 5.74) is 0. The molecule has 3 aliphatic rings. The molecule has 0 bridgehead atoms. The number of morpholine rings is 1. The molecule has 2 saturated carbocycles. The second-order valence-corrected chi connectivity index (χ2v) is 9.43. The topological polar surface area (TPSA) is 12.5 Å². The van der Waals surface area contributed by atoms with Crippen LogP contribution in [0.15, 0.2) is 0 Å². The van der Waals surface area contributed by atoms with Crippen LogP contribution in [0.25, 0.3) is 0 Å². The Kier molecular flexibility index (Phi) is 6.07. The van der Waals surface area contributed by atoms with E-state index in [0.717, 1.165) is 42.7 Å². The van der Waals surface area contributed by atoms with Crippen molar-refractivity contribution in [1.82, 2.24) is 4.90 Å². The Labute approximate surface area is 144 Å². The molecule has 2 nitrogen and oxygen atoms in total. The van der Waals surface area contributed by atoms with E-state index < -0.39 is 0 Å². The zero-order valence-corrected chi connectivity index (χ0v) is 16.0. The molecule has 0 radical (unpaired) electrons. The van der Waals surface area contributed by atoms with Crippen LogP contribution in [-0.2, 0) is 4.74 Å².